The van der Waals surface area contributed by atoms with Crippen LogP contribution >= 0.6 is 11.6 Å². The molecule has 0 spiro atoms. The van der Waals surface area contributed by atoms with Crippen molar-refractivity contribution in [3.8, 4) is 5.75 Å². The van der Waals surface area contributed by atoms with E-state index in [2.05, 4.69) is 20.4 Å². The van der Waals surface area contributed by atoms with Crippen LogP contribution in [0.3, 0.4) is 0 Å². The maximum Gasteiger partial charge on any atom is 0.292 e. The lowest BCUT2D eigenvalue weighted by Gasteiger charge is -2.22. The van der Waals surface area contributed by atoms with Gasteiger partial charge in [0.15, 0.2) is 0 Å². The number of halogens is 1. The largest absolute Gasteiger partial charge is 0.508 e. The monoisotopic (exact) mass is 439 g/mol. The minimum atomic E-state index is -0.466. The van der Waals surface area contributed by atoms with Gasteiger partial charge in [0.25, 0.3) is 5.69 Å². The van der Waals surface area contributed by atoms with Crippen LogP contribution in [-0.4, -0.2) is 23.1 Å². The maximum atomic E-state index is 11.2. The van der Waals surface area contributed by atoms with Crippen LogP contribution in [0.15, 0.2) is 70.9 Å². The van der Waals surface area contributed by atoms with Crippen molar-refractivity contribution in [3.63, 3.8) is 0 Å². The number of nitro benzene ring substituents is 1. The summed E-state index contributed by atoms with van der Waals surface area (Å²) in [5, 5.41) is 33.1. The Hall–Kier alpha value is -3.65. The van der Waals surface area contributed by atoms with Gasteiger partial charge < -0.3 is 15.3 Å². The van der Waals surface area contributed by atoms with E-state index in [0.717, 1.165) is 18.8 Å². The fraction of sp³-hybridized carbons (Fsp3) is 0.182. The van der Waals surface area contributed by atoms with Gasteiger partial charge in [-0.2, -0.15) is 5.11 Å². The van der Waals surface area contributed by atoms with E-state index in [0.29, 0.717) is 27.8 Å². The first-order valence-electron chi connectivity index (χ1n) is 9.72. The fourth-order valence-electron chi connectivity index (χ4n) is 3.06. The van der Waals surface area contributed by atoms with Crippen molar-refractivity contribution in [1.29, 1.82) is 0 Å². The van der Waals surface area contributed by atoms with E-state index in [9.17, 15) is 15.2 Å². The molecule has 0 fully saturated rings. The first-order chi connectivity index (χ1) is 14.9. The molecule has 0 saturated heterocycles. The van der Waals surface area contributed by atoms with E-state index in [1.165, 1.54) is 18.2 Å². The number of nitrogens with zero attached hydrogens (tertiary/aromatic N) is 4. The molecular formula is C22H22ClN5O3. The van der Waals surface area contributed by atoms with E-state index in [4.69, 9.17) is 11.6 Å². The molecule has 0 unspecified atom stereocenters. The highest BCUT2D eigenvalue weighted by Gasteiger charge is 2.14. The smallest absolute Gasteiger partial charge is 0.292 e. The lowest BCUT2D eigenvalue weighted by atomic mass is 10.2. The molecule has 9 heteroatoms. The number of phenolic OH excluding ortho intramolecular Hbond substituents is 1. The van der Waals surface area contributed by atoms with Crippen LogP contribution in [0.4, 0.5) is 34.1 Å². The Balaban J connectivity index is 1.80. The van der Waals surface area contributed by atoms with Crippen molar-refractivity contribution >= 4 is 45.7 Å². The number of azo groups is 1. The standard InChI is InChI=1S/C22H22ClN5O3/c1-3-27(4-2)22-14-18(29)10-11-19(22)26-25-17-8-6-16(7-9-17)24-20-13-15(23)5-12-21(20)28(30)31/h5-14,24,29H,3-4H2,1-2H3. The van der Waals surface area contributed by atoms with Crippen molar-refractivity contribution in [1.82, 2.24) is 0 Å². The molecule has 0 aliphatic rings. The van der Waals surface area contributed by atoms with Gasteiger partial charge in [-0.25, -0.2) is 0 Å². The third kappa shape index (κ3) is 5.49. The minimum Gasteiger partial charge on any atom is -0.508 e. The molecule has 3 aromatic carbocycles. The second-order valence-electron chi connectivity index (χ2n) is 6.64. The van der Waals surface area contributed by atoms with Crippen LogP contribution in [0.25, 0.3) is 0 Å². The molecule has 0 atom stereocenters. The highest BCUT2D eigenvalue weighted by atomic mass is 35.5. The van der Waals surface area contributed by atoms with Gasteiger partial charge in [-0.3, -0.25) is 10.1 Å². The van der Waals surface area contributed by atoms with Gasteiger partial charge in [-0.05, 0) is 62.4 Å². The molecule has 8 nitrogen and oxygen atoms in total. The Morgan fingerprint density at radius 2 is 1.74 bits per heavy atom. The summed E-state index contributed by atoms with van der Waals surface area (Å²) in [5.41, 5.74) is 2.96. The van der Waals surface area contributed by atoms with Crippen molar-refractivity contribution in [2.45, 2.75) is 13.8 Å². The van der Waals surface area contributed by atoms with Gasteiger partial charge in [-0.15, -0.1) is 5.11 Å². The second kappa shape index (κ2) is 9.90. The number of hydrogen-bond donors (Lipinski definition) is 2. The van der Waals surface area contributed by atoms with Crippen LogP contribution in [0, 0.1) is 10.1 Å². The summed E-state index contributed by atoms with van der Waals surface area (Å²) in [7, 11) is 0. The third-order valence-corrected chi connectivity index (χ3v) is 4.87. The number of benzene rings is 3. The Kier molecular flexibility index (Phi) is 7.04. The zero-order valence-corrected chi connectivity index (χ0v) is 17.9. The normalized spacial score (nSPS) is 10.9. The molecule has 0 radical (unpaired) electrons. The van der Waals surface area contributed by atoms with Crippen LogP contribution in [0.1, 0.15) is 13.8 Å². The number of nitro groups is 1. The zero-order valence-electron chi connectivity index (χ0n) is 17.1. The van der Waals surface area contributed by atoms with Crippen molar-refractivity contribution < 1.29 is 10.0 Å². The summed E-state index contributed by atoms with van der Waals surface area (Å²) < 4.78 is 0. The van der Waals surface area contributed by atoms with Crippen LogP contribution in [0.2, 0.25) is 5.02 Å². The van der Waals surface area contributed by atoms with Crippen molar-refractivity contribution in [2.24, 2.45) is 10.2 Å². The van der Waals surface area contributed by atoms with E-state index in [1.807, 2.05) is 13.8 Å². The van der Waals surface area contributed by atoms with Crippen LogP contribution in [0.5, 0.6) is 5.75 Å². The second-order valence-corrected chi connectivity index (χ2v) is 7.07. The Labute approximate surface area is 185 Å². The molecule has 3 rings (SSSR count). The van der Waals surface area contributed by atoms with E-state index < -0.39 is 4.92 Å². The van der Waals surface area contributed by atoms with Gasteiger partial charge >= 0.3 is 0 Å². The average molecular weight is 440 g/mol. The molecule has 0 aliphatic carbocycles. The van der Waals surface area contributed by atoms with Gasteiger partial charge in [0, 0.05) is 35.9 Å². The summed E-state index contributed by atoms with van der Waals surface area (Å²) in [4.78, 5) is 12.8. The number of aromatic hydroxyl groups is 1. The minimum absolute atomic E-state index is 0.0653. The molecule has 0 saturated carbocycles. The van der Waals surface area contributed by atoms with Gasteiger partial charge in [0.1, 0.15) is 17.1 Å². The molecule has 31 heavy (non-hydrogen) atoms. The maximum absolute atomic E-state index is 11.2. The molecule has 3 aromatic rings. The Morgan fingerprint density at radius 3 is 2.39 bits per heavy atom. The van der Waals surface area contributed by atoms with Crippen molar-refractivity contribution in [2.75, 3.05) is 23.3 Å². The highest BCUT2D eigenvalue weighted by molar-refractivity contribution is 6.31. The summed E-state index contributed by atoms with van der Waals surface area (Å²) in [6.07, 6.45) is 0. The number of anilines is 3. The number of rotatable bonds is 8. The van der Waals surface area contributed by atoms with E-state index in [1.54, 1.807) is 42.5 Å². The number of hydrogen-bond acceptors (Lipinski definition) is 7. The number of phenols is 1. The van der Waals surface area contributed by atoms with Crippen LogP contribution in [-0.2, 0) is 0 Å². The molecule has 2 N–H and O–H groups in total. The lowest BCUT2D eigenvalue weighted by molar-refractivity contribution is -0.383. The zero-order chi connectivity index (χ0) is 22.4. The topological polar surface area (TPSA) is 103 Å². The average Bonchev–Trinajstić information content (AvgIpc) is 2.75. The molecule has 0 heterocycles. The van der Waals surface area contributed by atoms with Crippen LogP contribution < -0.4 is 10.2 Å². The molecule has 0 bridgehead atoms. The van der Waals surface area contributed by atoms with Gasteiger partial charge in [-0.1, -0.05) is 11.6 Å². The van der Waals surface area contributed by atoms with Gasteiger partial charge in [0.05, 0.1) is 16.3 Å². The van der Waals surface area contributed by atoms with E-state index >= 15 is 0 Å². The molecular weight excluding hydrogens is 418 g/mol. The Morgan fingerprint density at radius 1 is 1.03 bits per heavy atom. The molecule has 0 amide bonds. The molecule has 0 aromatic heterocycles. The lowest BCUT2D eigenvalue weighted by Crippen LogP contribution is -2.21. The summed E-state index contributed by atoms with van der Waals surface area (Å²) in [6, 6.07) is 16.3. The van der Waals surface area contributed by atoms with Crippen molar-refractivity contribution in [3.05, 3.63) is 75.8 Å². The summed E-state index contributed by atoms with van der Waals surface area (Å²) in [6.45, 7) is 5.62. The predicted molar refractivity (Wildman–Crippen MR) is 124 cm³/mol. The molecule has 0 aliphatic heterocycles. The Bertz CT molecular complexity index is 1100. The predicted octanol–water partition coefficient (Wildman–Crippen LogP) is 6.96. The SMILES string of the molecule is CCN(CC)c1cc(O)ccc1N=Nc1ccc(Nc2cc(Cl)ccc2[N+](=O)[O-])cc1. The fourth-order valence-corrected chi connectivity index (χ4v) is 3.23. The molecule has 160 valence electrons. The van der Waals surface area contributed by atoms with E-state index in [-0.39, 0.29) is 11.4 Å². The highest BCUT2D eigenvalue weighted by Crippen LogP contribution is 2.34. The first-order valence-corrected chi connectivity index (χ1v) is 10.1. The first kappa shape index (κ1) is 22.0. The number of nitrogens with one attached hydrogen (secondary N) is 1. The summed E-state index contributed by atoms with van der Waals surface area (Å²) >= 11 is 5.97. The quantitative estimate of drug-likeness (QED) is 0.224. The third-order valence-electron chi connectivity index (χ3n) is 4.64. The van der Waals surface area contributed by atoms with Gasteiger partial charge in [0.2, 0.25) is 0 Å². The summed E-state index contributed by atoms with van der Waals surface area (Å²) in [5.74, 6) is 0.173.